The molecule has 64 heavy (non-hydrogen) atoms. The average molecular weight is 821 g/mol. The molecule has 0 amide bonds. The standard InChI is InChI=1S/C60H40N2O2/c1-3-15-41(16-4-1)61(51-23-11-21-47-57-43-19-9-7-13-37(43)29-35-53(57)63-59(47)51)49-33-27-39-26-32-46-50(34-28-40-25-31-45(49)55(39)56(40)46)62(42-17-5-2-6-18-42)52-24-12-22-48-58-44-20-10-8-14-38(44)30-36-54(58)64-60(48)52/h1-7,9-13,15-32,34-36,49H,8,14,33H2. The summed E-state index contributed by atoms with van der Waals surface area (Å²) >= 11 is 0. The van der Waals surface area contributed by atoms with E-state index in [-0.39, 0.29) is 6.04 Å². The van der Waals surface area contributed by atoms with Gasteiger partial charge in [-0.05, 0) is 123 Å². The largest absolute Gasteiger partial charge is 0.454 e. The summed E-state index contributed by atoms with van der Waals surface area (Å²) in [4.78, 5) is 4.93. The van der Waals surface area contributed by atoms with Crippen molar-refractivity contribution in [3.63, 3.8) is 0 Å². The molecule has 2 aliphatic carbocycles. The van der Waals surface area contributed by atoms with E-state index in [9.17, 15) is 0 Å². The van der Waals surface area contributed by atoms with Gasteiger partial charge in [-0.15, -0.1) is 0 Å². The van der Waals surface area contributed by atoms with Crippen LogP contribution in [0.2, 0.25) is 0 Å². The molecule has 0 spiro atoms. The highest BCUT2D eigenvalue weighted by atomic mass is 16.3. The summed E-state index contributed by atoms with van der Waals surface area (Å²) < 4.78 is 13.8. The first kappa shape index (κ1) is 35.5. The molecule has 1 atom stereocenters. The highest BCUT2D eigenvalue weighted by Crippen LogP contribution is 2.50. The summed E-state index contributed by atoms with van der Waals surface area (Å²) in [5.41, 5.74) is 13.0. The Bertz CT molecular complexity index is 3950. The summed E-state index contributed by atoms with van der Waals surface area (Å²) in [7, 11) is 0. The minimum Gasteiger partial charge on any atom is -0.454 e. The fraction of sp³-hybridized carbons (Fsp3) is 0.0667. The number of benzene rings is 10. The number of fused-ring (bicyclic) bond motifs is 10. The van der Waals surface area contributed by atoms with Crippen molar-refractivity contribution in [1.82, 2.24) is 0 Å². The first-order valence-electron chi connectivity index (χ1n) is 22.4. The Hall–Kier alpha value is -8.08. The number of aryl methyl sites for hydroxylation is 1. The van der Waals surface area contributed by atoms with E-state index in [1.807, 2.05) is 0 Å². The first-order chi connectivity index (χ1) is 31.8. The second kappa shape index (κ2) is 13.7. The number of rotatable bonds is 6. The van der Waals surface area contributed by atoms with Crippen molar-refractivity contribution >= 4 is 117 Å². The van der Waals surface area contributed by atoms with Gasteiger partial charge in [0, 0.05) is 38.3 Å². The lowest BCUT2D eigenvalue weighted by molar-refractivity contribution is 0.660. The zero-order valence-electron chi connectivity index (χ0n) is 35.0. The molecule has 0 saturated carbocycles. The van der Waals surface area contributed by atoms with Crippen LogP contribution in [0, 0.1) is 0 Å². The van der Waals surface area contributed by atoms with Crippen LogP contribution >= 0.6 is 0 Å². The Labute approximate surface area is 369 Å². The monoisotopic (exact) mass is 820 g/mol. The second-order valence-electron chi connectivity index (χ2n) is 17.4. The number of hydrogen-bond acceptors (Lipinski definition) is 4. The predicted molar refractivity (Wildman–Crippen MR) is 268 cm³/mol. The van der Waals surface area contributed by atoms with Crippen molar-refractivity contribution < 1.29 is 8.83 Å². The number of allylic oxidation sites excluding steroid dienone is 1. The van der Waals surface area contributed by atoms with Crippen LogP contribution in [-0.4, -0.2) is 0 Å². The topological polar surface area (TPSA) is 32.8 Å². The summed E-state index contributed by atoms with van der Waals surface area (Å²) in [6, 6.07) is 66.2. The average Bonchev–Trinajstić information content (AvgIpc) is 3.95. The molecule has 302 valence electrons. The van der Waals surface area contributed by atoms with Gasteiger partial charge in [-0.3, -0.25) is 0 Å². The molecule has 2 heterocycles. The van der Waals surface area contributed by atoms with Crippen molar-refractivity contribution in [1.29, 1.82) is 0 Å². The van der Waals surface area contributed by atoms with E-state index >= 15 is 0 Å². The van der Waals surface area contributed by atoms with Gasteiger partial charge in [0.1, 0.15) is 11.2 Å². The fourth-order valence-electron chi connectivity index (χ4n) is 11.2. The lowest BCUT2D eigenvalue weighted by atomic mass is 9.85. The molecule has 4 nitrogen and oxygen atoms in total. The second-order valence-corrected chi connectivity index (χ2v) is 17.4. The number of para-hydroxylation sites is 4. The molecule has 0 fully saturated rings. The molecule has 2 aromatic heterocycles. The summed E-state index contributed by atoms with van der Waals surface area (Å²) in [5.74, 6) is 0. The third kappa shape index (κ3) is 5.11. The molecule has 0 saturated heterocycles. The summed E-state index contributed by atoms with van der Waals surface area (Å²) in [5, 5.41) is 13.3. The van der Waals surface area contributed by atoms with Crippen LogP contribution in [0.3, 0.4) is 0 Å². The van der Waals surface area contributed by atoms with Crippen molar-refractivity contribution in [2.24, 2.45) is 0 Å². The minimum atomic E-state index is -0.00128. The van der Waals surface area contributed by atoms with Crippen LogP contribution in [0.15, 0.2) is 197 Å². The van der Waals surface area contributed by atoms with Crippen molar-refractivity contribution in [2.75, 3.05) is 9.80 Å². The molecule has 12 aromatic rings. The highest BCUT2D eigenvalue weighted by Gasteiger charge is 2.31. The van der Waals surface area contributed by atoms with Gasteiger partial charge in [0.25, 0.3) is 0 Å². The van der Waals surface area contributed by atoms with E-state index in [0.717, 1.165) is 86.2 Å². The van der Waals surface area contributed by atoms with Crippen molar-refractivity contribution in [3.8, 4) is 0 Å². The molecule has 0 radical (unpaired) electrons. The van der Waals surface area contributed by atoms with Crippen LogP contribution in [0.5, 0.6) is 0 Å². The van der Waals surface area contributed by atoms with Crippen LogP contribution in [-0.2, 0) is 6.42 Å². The van der Waals surface area contributed by atoms with E-state index in [1.165, 1.54) is 59.6 Å². The SMILES string of the molecule is C1=Cc2c(ccc3oc4c(N(c5ccccc5)c5ccc6ccc7c8c(ccc5c68)=CCC7N(c5ccccc5)c5cccc6c5oc5ccc7ccccc7c56)cccc4c23)CC1. The van der Waals surface area contributed by atoms with Gasteiger partial charge in [0.15, 0.2) is 11.2 Å². The molecular formula is C60H40N2O2. The zero-order chi connectivity index (χ0) is 41.9. The molecule has 14 rings (SSSR count). The van der Waals surface area contributed by atoms with Gasteiger partial charge >= 0.3 is 0 Å². The van der Waals surface area contributed by atoms with Gasteiger partial charge in [-0.2, -0.15) is 0 Å². The Kier molecular flexibility index (Phi) is 7.61. The predicted octanol–water partition coefficient (Wildman–Crippen LogP) is 16.2. The number of furan rings is 2. The molecule has 1 unspecified atom stereocenters. The van der Waals surface area contributed by atoms with Gasteiger partial charge in [0.05, 0.1) is 23.1 Å². The third-order valence-electron chi connectivity index (χ3n) is 14.0. The number of anilines is 5. The third-order valence-corrected chi connectivity index (χ3v) is 14.0. The molecule has 2 aliphatic rings. The maximum Gasteiger partial charge on any atom is 0.159 e. The minimum absolute atomic E-state index is 0.00128. The molecule has 0 N–H and O–H groups in total. The lowest BCUT2D eigenvalue weighted by Gasteiger charge is -2.36. The number of hydrogen-bond donors (Lipinski definition) is 0. The first-order valence-corrected chi connectivity index (χ1v) is 22.4. The Morgan fingerprint density at radius 2 is 1.14 bits per heavy atom. The van der Waals surface area contributed by atoms with E-state index in [0.29, 0.717) is 0 Å². The smallest absolute Gasteiger partial charge is 0.159 e. The normalized spacial score (nSPS) is 14.6. The molecule has 4 heteroatoms. The van der Waals surface area contributed by atoms with Crippen molar-refractivity contribution in [3.05, 3.63) is 210 Å². The van der Waals surface area contributed by atoms with E-state index in [4.69, 9.17) is 8.83 Å². The van der Waals surface area contributed by atoms with Crippen molar-refractivity contribution in [2.45, 2.75) is 25.3 Å². The lowest BCUT2D eigenvalue weighted by Crippen LogP contribution is -2.27. The van der Waals surface area contributed by atoms with Gasteiger partial charge in [-0.1, -0.05) is 146 Å². The van der Waals surface area contributed by atoms with Gasteiger partial charge in [0.2, 0.25) is 0 Å². The Balaban J connectivity index is 0.991. The zero-order valence-corrected chi connectivity index (χ0v) is 35.0. The van der Waals surface area contributed by atoms with Gasteiger partial charge in [-0.25, -0.2) is 0 Å². The Morgan fingerprint density at radius 3 is 2.00 bits per heavy atom. The summed E-state index contributed by atoms with van der Waals surface area (Å²) in [6.07, 6.45) is 9.98. The molecule has 0 bridgehead atoms. The molecular weight excluding hydrogens is 781 g/mol. The quantitative estimate of drug-likeness (QED) is 0.167. The molecule has 0 aliphatic heterocycles. The highest BCUT2D eigenvalue weighted by molar-refractivity contribution is 6.22. The van der Waals surface area contributed by atoms with E-state index < -0.39 is 0 Å². The maximum absolute atomic E-state index is 6.91. The fourth-order valence-corrected chi connectivity index (χ4v) is 11.2. The van der Waals surface area contributed by atoms with E-state index in [2.05, 4.69) is 210 Å². The summed E-state index contributed by atoms with van der Waals surface area (Å²) in [6.45, 7) is 0. The van der Waals surface area contributed by atoms with Crippen LogP contribution in [0.25, 0.3) is 88.3 Å². The van der Waals surface area contributed by atoms with Crippen LogP contribution < -0.4 is 15.0 Å². The molecule has 10 aromatic carbocycles. The van der Waals surface area contributed by atoms with Crippen LogP contribution in [0.1, 0.15) is 35.6 Å². The van der Waals surface area contributed by atoms with E-state index in [1.54, 1.807) is 0 Å². The maximum atomic E-state index is 6.91. The Morgan fingerprint density at radius 1 is 0.453 bits per heavy atom. The number of nitrogens with zero attached hydrogens (tertiary/aromatic N) is 2. The van der Waals surface area contributed by atoms with Gasteiger partial charge < -0.3 is 18.6 Å². The van der Waals surface area contributed by atoms with Crippen LogP contribution in [0.4, 0.5) is 28.4 Å².